The van der Waals surface area contributed by atoms with Gasteiger partial charge in [-0.15, -0.1) is 0 Å². The number of imidazole rings is 1. The van der Waals surface area contributed by atoms with Crippen LogP contribution in [0.25, 0.3) is 66.6 Å². The predicted octanol–water partition coefficient (Wildman–Crippen LogP) is 7.98. The Bertz CT molecular complexity index is 2000. The van der Waals surface area contributed by atoms with Crippen LogP contribution in [0.15, 0.2) is 103 Å². The summed E-state index contributed by atoms with van der Waals surface area (Å²) < 4.78 is 2.26. The van der Waals surface area contributed by atoms with E-state index in [9.17, 15) is 0 Å². The van der Waals surface area contributed by atoms with E-state index < -0.39 is 0 Å². The fraction of sp³-hybridized carbons (Fsp3) is 0. The smallest absolute Gasteiger partial charge is 0.146 e. The molecule has 0 spiro atoms. The van der Waals surface area contributed by atoms with Crippen molar-refractivity contribution in [3.63, 3.8) is 0 Å². The summed E-state index contributed by atoms with van der Waals surface area (Å²) in [7, 11) is 0. The van der Waals surface area contributed by atoms with E-state index in [0.29, 0.717) is 0 Å². The van der Waals surface area contributed by atoms with Gasteiger partial charge in [0.1, 0.15) is 5.65 Å². The van der Waals surface area contributed by atoms with E-state index in [2.05, 4.69) is 95.5 Å². The van der Waals surface area contributed by atoms with Gasteiger partial charge >= 0.3 is 0 Å². The van der Waals surface area contributed by atoms with Gasteiger partial charge in [-0.05, 0) is 48.5 Å². The van der Waals surface area contributed by atoms with Gasteiger partial charge < -0.3 is 0 Å². The molecule has 164 valence electrons. The molecule has 0 atom stereocenters. The predicted molar refractivity (Wildman–Crippen MR) is 148 cm³/mol. The van der Waals surface area contributed by atoms with Crippen molar-refractivity contribution >= 4 is 67.7 Å². The first-order valence-electron chi connectivity index (χ1n) is 11.5. The van der Waals surface area contributed by atoms with E-state index in [1.54, 1.807) is 6.08 Å². The third-order valence-electron chi connectivity index (χ3n) is 6.80. The van der Waals surface area contributed by atoms with Gasteiger partial charge in [0, 0.05) is 27.3 Å². The first-order valence-corrected chi connectivity index (χ1v) is 11.5. The van der Waals surface area contributed by atoms with Crippen LogP contribution >= 0.6 is 0 Å². The molecule has 0 bridgehead atoms. The molecule has 4 nitrogen and oxygen atoms in total. The minimum Gasteiger partial charge on any atom is -0.292 e. The molecule has 4 aromatic carbocycles. The molecule has 35 heavy (non-hydrogen) atoms. The molecule has 0 radical (unpaired) electrons. The van der Waals surface area contributed by atoms with Crippen molar-refractivity contribution in [2.75, 3.05) is 0 Å². The average molecular weight is 449 g/mol. The highest BCUT2D eigenvalue weighted by molar-refractivity contribution is 6.14. The number of para-hydroxylation sites is 3. The van der Waals surface area contributed by atoms with Crippen LogP contribution in [0.5, 0.6) is 0 Å². The topological polar surface area (TPSA) is 42.5 Å². The largest absolute Gasteiger partial charge is 0.292 e. The van der Waals surface area contributed by atoms with Crippen LogP contribution in [0.4, 0.5) is 5.69 Å². The standard InChI is InChI=1S/C31H20N4/c1-3-19-12-13-20-15-17-25(33-30(20)29(19)32-2)21-14-16-23-24(18-21)22-8-4-6-10-27(22)35-28-11-7-5-9-26(28)34-31(23)35/h3-18H,1-2H2. The van der Waals surface area contributed by atoms with Gasteiger partial charge in [0.2, 0.25) is 0 Å². The zero-order chi connectivity index (χ0) is 23.5. The number of hydrogen-bond donors (Lipinski definition) is 0. The van der Waals surface area contributed by atoms with Crippen molar-refractivity contribution in [1.29, 1.82) is 0 Å². The number of pyridine rings is 2. The Morgan fingerprint density at radius 3 is 2.40 bits per heavy atom. The summed E-state index contributed by atoms with van der Waals surface area (Å²) in [4.78, 5) is 14.3. The Morgan fingerprint density at radius 1 is 0.743 bits per heavy atom. The van der Waals surface area contributed by atoms with E-state index in [0.717, 1.165) is 66.4 Å². The summed E-state index contributed by atoms with van der Waals surface area (Å²) in [6.45, 7) is 7.67. The highest BCUT2D eigenvalue weighted by Crippen LogP contribution is 2.36. The Morgan fingerprint density at radius 2 is 1.54 bits per heavy atom. The van der Waals surface area contributed by atoms with E-state index in [1.165, 1.54) is 5.39 Å². The Kier molecular flexibility index (Phi) is 4.11. The van der Waals surface area contributed by atoms with Crippen molar-refractivity contribution < 1.29 is 0 Å². The quantitative estimate of drug-likeness (QED) is 0.203. The molecule has 0 saturated carbocycles. The first-order chi connectivity index (χ1) is 17.3. The second-order valence-electron chi connectivity index (χ2n) is 8.67. The molecule has 0 unspecified atom stereocenters. The second kappa shape index (κ2) is 7.34. The van der Waals surface area contributed by atoms with Crippen LogP contribution in [0.3, 0.4) is 0 Å². The number of fused-ring (bicyclic) bond motifs is 9. The van der Waals surface area contributed by atoms with Crippen LogP contribution in [0, 0.1) is 0 Å². The molecule has 0 saturated heterocycles. The van der Waals surface area contributed by atoms with Gasteiger partial charge in [0.05, 0.1) is 33.4 Å². The highest BCUT2D eigenvalue weighted by Gasteiger charge is 2.15. The summed E-state index contributed by atoms with van der Waals surface area (Å²) in [5, 5.41) is 4.48. The van der Waals surface area contributed by atoms with Gasteiger partial charge in [-0.3, -0.25) is 9.39 Å². The van der Waals surface area contributed by atoms with Gasteiger partial charge in [-0.2, -0.15) is 0 Å². The molecular formula is C31H20N4. The molecule has 0 fully saturated rings. The van der Waals surface area contributed by atoms with Gasteiger partial charge in [-0.25, -0.2) is 9.97 Å². The lowest BCUT2D eigenvalue weighted by atomic mass is 10.0. The summed E-state index contributed by atoms with van der Waals surface area (Å²) in [6, 6.07) is 31.5. The zero-order valence-electron chi connectivity index (χ0n) is 18.9. The molecule has 0 aliphatic rings. The number of hydrogen-bond acceptors (Lipinski definition) is 3. The number of nitrogens with zero attached hydrogens (tertiary/aromatic N) is 4. The molecule has 0 aliphatic heterocycles. The lowest BCUT2D eigenvalue weighted by Crippen LogP contribution is -1.92. The number of aromatic nitrogens is 3. The third-order valence-corrected chi connectivity index (χ3v) is 6.80. The molecular weight excluding hydrogens is 428 g/mol. The van der Waals surface area contributed by atoms with Gasteiger partial charge in [0.25, 0.3) is 0 Å². The minimum absolute atomic E-state index is 0.761. The Labute approximate surface area is 201 Å². The third kappa shape index (κ3) is 2.77. The van der Waals surface area contributed by atoms with E-state index >= 15 is 0 Å². The van der Waals surface area contributed by atoms with Crippen LogP contribution in [0.1, 0.15) is 5.56 Å². The Hall–Kier alpha value is -4.83. The monoisotopic (exact) mass is 448 g/mol. The maximum absolute atomic E-state index is 5.01. The summed E-state index contributed by atoms with van der Waals surface area (Å²) in [5.74, 6) is 0. The molecule has 0 amide bonds. The van der Waals surface area contributed by atoms with Crippen molar-refractivity contribution in [1.82, 2.24) is 14.4 Å². The second-order valence-corrected chi connectivity index (χ2v) is 8.67. The molecule has 3 heterocycles. The fourth-order valence-electron chi connectivity index (χ4n) is 5.15. The van der Waals surface area contributed by atoms with Crippen LogP contribution in [-0.2, 0) is 0 Å². The van der Waals surface area contributed by atoms with Crippen LogP contribution in [0.2, 0.25) is 0 Å². The molecule has 7 aromatic rings. The number of benzene rings is 4. The van der Waals surface area contributed by atoms with E-state index in [4.69, 9.17) is 9.97 Å². The summed E-state index contributed by atoms with van der Waals surface area (Å²) in [6.07, 6.45) is 1.79. The SMILES string of the molecule is C=Cc1ccc2ccc(-c3ccc4c(c3)c3ccccc3n3c5ccccc5nc43)nc2c1N=C. The van der Waals surface area contributed by atoms with Crippen LogP contribution in [-0.4, -0.2) is 21.1 Å². The number of aliphatic imine (C=N–C) groups is 1. The fourth-order valence-corrected chi connectivity index (χ4v) is 5.15. The average Bonchev–Trinajstić information content (AvgIpc) is 3.32. The van der Waals surface area contributed by atoms with E-state index in [1.807, 2.05) is 18.2 Å². The van der Waals surface area contributed by atoms with E-state index in [-0.39, 0.29) is 0 Å². The first kappa shape index (κ1) is 19.6. The summed E-state index contributed by atoms with van der Waals surface area (Å²) >= 11 is 0. The number of rotatable bonds is 3. The van der Waals surface area contributed by atoms with Gasteiger partial charge in [0.15, 0.2) is 0 Å². The van der Waals surface area contributed by atoms with Crippen molar-refractivity contribution in [3.05, 3.63) is 103 Å². The lowest BCUT2D eigenvalue weighted by molar-refractivity contribution is 1.31. The molecule has 4 heteroatoms. The molecule has 3 aromatic heterocycles. The maximum Gasteiger partial charge on any atom is 0.146 e. The highest BCUT2D eigenvalue weighted by atomic mass is 15.0. The molecule has 0 aliphatic carbocycles. The summed E-state index contributed by atoms with van der Waals surface area (Å²) in [5.41, 5.74) is 8.66. The zero-order valence-corrected chi connectivity index (χ0v) is 18.9. The molecule has 0 N–H and O–H groups in total. The lowest BCUT2D eigenvalue weighted by Gasteiger charge is -2.11. The minimum atomic E-state index is 0.761. The Balaban J connectivity index is 1.55. The normalized spacial score (nSPS) is 11.7. The van der Waals surface area contributed by atoms with Crippen molar-refractivity contribution in [2.24, 2.45) is 4.99 Å². The molecule has 7 rings (SSSR count). The maximum atomic E-state index is 5.01. The van der Waals surface area contributed by atoms with Crippen molar-refractivity contribution in [2.45, 2.75) is 0 Å². The van der Waals surface area contributed by atoms with Gasteiger partial charge in [-0.1, -0.05) is 67.3 Å². The van der Waals surface area contributed by atoms with Crippen molar-refractivity contribution in [3.8, 4) is 11.3 Å². The van der Waals surface area contributed by atoms with Crippen LogP contribution < -0.4 is 0 Å².